The number of anilines is 1. The molecule has 2 N–H and O–H groups in total. The summed E-state index contributed by atoms with van der Waals surface area (Å²) in [6.07, 6.45) is 3.42. The van der Waals surface area contributed by atoms with Crippen LogP contribution in [0.2, 0.25) is 0 Å². The predicted molar refractivity (Wildman–Crippen MR) is 116 cm³/mol. The highest BCUT2D eigenvalue weighted by atomic mass is 32.2. The molecule has 0 saturated carbocycles. The maximum absolute atomic E-state index is 14.3. The first-order valence-corrected chi connectivity index (χ1v) is 11.9. The summed E-state index contributed by atoms with van der Waals surface area (Å²) < 4.78 is 41.3. The van der Waals surface area contributed by atoms with Crippen LogP contribution >= 0.6 is 0 Å². The minimum absolute atomic E-state index is 0.299. The lowest BCUT2D eigenvalue weighted by molar-refractivity contribution is 0.0933. The average Bonchev–Trinajstić information content (AvgIpc) is 3.30. The Bertz CT molecular complexity index is 1250. The number of amides is 1. The lowest BCUT2D eigenvalue weighted by Gasteiger charge is -2.15. The third kappa shape index (κ3) is 4.46. The Morgan fingerprint density at radius 1 is 1.16 bits per heavy atom. The van der Waals surface area contributed by atoms with E-state index in [0.717, 1.165) is 35.9 Å². The number of nitrogens with zero attached hydrogens (tertiary/aromatic N) is 2. The van der Waals surface area contributed by atoms with Crippen LogP contribution in [0.1, 0.15) is 46.7 Å². The van der Waals surface area contributed by atoms with E-state index in [-0.39, 0.29) is 11.9 Å². The van der Waals surface area contributed by atoms with Crippen molar-refractivity contribution in [1.29, 1.82) is 0 Å². The SMILES string of the molecule is CC(NC(=O)c1nn(-c2ccccc2F)c2c1CCC2)c1cccc(NS(C)(=O)=O)c1. The van der Waals surface area contributed by atoms with Crippen molar-refractivity contribution >= 4 is 21.6 Å². The molecule has 0 bridgehead atoms. The van der Waals surface area contributed by atoms with E-state index < -0.39 is 15.8 Å². The van der Waals surface area contributed by atoms with Gasteiger partial charge in [-0.3, -0.25) is 9.52 Å². The van der Waals surface area contributed by atoms with Gasteiger partial charge in [-0.25, -0.2) is 17.5 Å². The number of halogens is 1. The van der Waals surface area contributed by atoms with E-state index in [1.54, 1.807) is 42.5 Å². The van der Waals surface area contributed by atoms with Crippen LogP contribution in [-0.4, -0.2) is 30.4 Å². The number of carbonyl (C=O) groups excluding carboxylic acids is 1. The Kier molecular flexibility index (Phi) is 5.53. The summed E-state index contributed by atoms with van der Waals surface area (Å²) in [6, 6.07) is 12.8. The van der Waals surface area contributed by atoms with Gasteiger partial charge in [-0.15, -0.1) is 0 Å². The van der Waals surface area contributed by atoms with Crippen molar-refractivity contribution in [2.24, 2.45) is 0 Å². The van der Waals surface area contributed by atoms with Gasteiger partial charge >= 0.3 is 0 Å². The number of benzene rings is 2. The molecular weight excluding hydrogens is 419 g/mol. The lowest BCUT2D eigenvalue weighted by Crippen LogP contribution is -2.28. The van der Waals surface area contributed by atoms with E-state index in [2.05, 4.69) is 15.1 Å². The van der Waals surface area contributed by atoms with Gasteiger partial charge < -0.3 is 5.32 Å². The second-order valence-corrected chi connectivity index (χ2v) is 9.43. The standard InChI is InChI=1S/C22H23FN4O3S/c1-14(15-7-5-8-16(13-15)26-31(2,29)30)24-22(28)21-17-9-6-12-19(17)27(25-21)20-11-4-3-10-18(20)23/h3-5,7-8,10-11,13-14,26H,6,9,12H2,1-2H3,(H,24,28). The zero-order valence-corrected chi connectivity index (χ0v) is 18.0. The maximum Gasteiger partial charge on any atom is 0.272 e. The van der Waals surface area contributed by atoms with Gasteiger partial charge in [0.15, 0.2) is 5.69 Å². The number of hydrogen-bond donors (Lipinski definition) is 2. The summed E-state index contributed by atoms with van der Waals surface area (Å²) in [7, 11) is -3.40. The number of carbonyl (C=O) groups is 1. The Balaban J connectivity index is 1.59. The molecule has 1 unspecified atom stereocenters. The van der Waals surface area contributed by atoms with Gasteiger partial charge in [0.2, 0.25) is 10.0 Å². The summed E-state index contributed by atoms with van der Waals surface area (Å²) in [6.45, 7) is 1.81. The largest absolute Gasteiger partial charge is 0.344 e. The highest BCUT2D eigenvalue weighted by molar-refractivity contribution is 7.92. The van der Waals surface area contributed by atoms with Crippen molar-refractivity contribution in [2.75, 3.05) is 11.0 Å². The smallest absolute Gasteiger partial charge is 0.272 e. The van der Waals surface area contributed by atoms with Gasteiger partial charge in [0, 0.05) is 16.9 Å². The number of para-hydroxylation sites is 1. The summed E-state index contributed by atoms with van der Waals surface area (Å²) >= 11 is 0. The van der Waals surface area contributed by atoms with E-state index in [1.807, 2.05) is 6.92 Å². The van der Waals surface area contributed by atoms with Gasteiger partial charge in [-0.05, 0) is 56.0 Å². The van der Waals surface area contributed by atoms with Crippen LogP contribution in [0.4, 0.5) is 10.1 Å². The third-order valence-electron chi connectivity index (χ3n) is 5.26. The van der Waals surface area contributed by atoms with Crippen molar-refractivity contribution in [3.63, 3.8) is 0 Å². The molecule has 1 amide bonds. The molecule has 1 aliphatic carbocycles. The molecule has 0 aliphatic heterocycles. The Hall–Kier alpha value is -3.20. The van der Waals surface area contributed by atoms with Crippen LogP contribution in [0.3, 0.4) is 0 Å². The van der Waals surface area contributed by atoms with Crippen molar-refractivity contribution in [3.05, 3.63) is 76.9 Å². The predicted octanol–water partition coefficient (Wildman–Crippen LogP) is 3.36. The molecule has 7 nitrogen and oxygen atoms in total. The second-order valence-electron chi connectivity index (χ2n) is 7.69. The van der Waals surface area contributed by atoms with Gasteiger partial charge in [-0.1, -0.05) is 24.3 Å². The molecule has 4 rings (SSSR count). The molecule has 162 valence electrons. The first-order valence-electron chi connectivity index (χ1n) is 9.97. The topological polar surface area (TPSA) is 93.1 Å². The number of aromatic nitrogens is 2. The number of nitrogens with one attached hydrogen (secondary N) is 2. The van der Waals surface area contributed by atoms with Gasteiger partial charge in [0.1, 0.15) is 11.5 Å². The minimum Gasteiger partial charge on any atom is -0.344 e. The highest BCUT2D eigenvalue weighted by Crippen LogP contribution is 2.29. The van der Waals surface area contributed by atoms with Crippen LogP contribution in [0.25, 0.3) is 5.69 Å². The molecule has 9 heteroatoms. The number of sulfonamides is 1. The van der Waals surface area contributed by atoms with E-state index in [4.69, 9.17) is 0 Å². The summed E-state index contributed by atoms with van der Waals surface area (Å²) in [4.78, 5) is 13.0. The number of hydrogen-bond acceptors (Lipinski definition) is 4. The fourth-order valence-electron chi connectivity index (χ4n) is 3.88. The molecule has 1 aromatic heterocycles. The number of rotatable bonds is 6. The lowest BCUT2D eigenvalue weighted by atomic mass is 10.1. The van der Waals surface area contributed by atoms with Crippen LogP contribution in [0.5, 0.6) is 0 Å². The van der Waals surface area contributed by atoms with E-state index >= 15 is 0 Å². The first kappa shape index (κ1) is 21.0. The normalized spacial score (nSPS) is 14.2. The highest BCUT2D eigenvalue weighted by Gasteiger charge is 2.28. The Morgan fingerprint density at radius 3 is 2.68 bits per heavy atom. The fourth-order valence-corrected chi connectivity index (χ4v) is 4.43. The van der Waals surface area contributed by atoms with Crippen molar-refractivity contribution in [1.82, 2.24) is 15.1 Å². The number of fused-ring (bicyclic) bond motifs is 1. The quantitative estimate of drug-likeness (QED) is 0.612. The summed E-state index contributed by atoms with van der Waals surface area (Å²) in [5.41, 5.74) is 3.50. The fraction of sp³-hybridized carbons (Fsp3) is 0.273. The molecule has 3 aromatic rings. The molecule has 0 spiro atoms. The average molecular weight is 443 g/mol. The monoisotopic (exact) mass is 442 g/mol. The zero-order valence-electron chi connectivity index (χ0n) is 17.2. The van der Waals surface area contributed by atoms with Gasteiger partial charge in [0.25, 0.3) is 5.91 Å². The minimum atomic E-state index is -3.40. The van der Waals surface area contributed by atoms with Gasteiger partial charge in [0.05, 0.1) is 12.3 Å². The van der Waals surface area contributed by atoms with Crippen LogP contribution in [-0.2, 0) is 22.9 Å². The van der Waals surface area contributed by atoms with Crippen LogP contribution in [0.15, 0.2) is 48.5 Å². The molecule has 1 atom stereocenters. The molecule has 0 saturated heterocycles. The van der Waals surface area contributed by atoms with E-state index in [1.165, 1.54) is 10.7 Å². The summed E-state index contributed by atoms with van der Waals surface area (Å²) in [5.74, 6) is -0.738. The molecular formula is C22H23FN4O3S. The summed E-state index contributed by atoms with van der Waals surface area (Å²) in [5, 5.41) is 7.37. The van der Waals surface area contributed by atoms with E-state index in [0.29, 0.717) is 23.5 Å². The van der Waals surface area contributed by atoms with Crippen LogP contribution in [0, 0.1) is 5.82 Å². The molecule has 31 heavy (non-hydrogen) atoms. The molecule has 1 aliphatic rings. The van der Waals surface area contributed by atoms with E-state index in [9.17, 15) is 17.6 Å². The third-order valence-corrected chi connectivity index (χ3v) is 5.87. The molecule has 2 aromatic carbocycles. The second kappa shape index (κ2) is 8.14. The molecule has 0 fully saturated rings. The molecule has 1 heterocycles. The van der Waals surface area contributed by atoms with Crippen molar-refractivity contribution in [3.8, 4) is 5.69 Å². The van der Waals surface area contributed by atoms with Gasteiger partial charge in [-0.2, -0.15) is 5.10 Å². The van der Waals surface area contributed by atoms with Crippen LogP contribution < -0.4 is 10.0 Å². The molecule has 0 radical (unpaired) electrons. The van der Waals surface area contributed by atoms with Crippen molar-refractivity contribution < 1.29 is 17.6 Å². The maximum atomic E-state index is 14.3. The first-order chi connectivity index (χ1) is 14.7. The Morgan fingerprint density at radius 2 is 1.94 bits per heavy atom. The van der Waals surface area contributed by atoms with Crippen molar-refractivity contribution in [2.45, 2.75) is 32.2 Å². The Labute approximate surface area is 180 Å². The zero-order chi connectivity index (χ0) is 22.2.